The number of nitrogens with zero attached hydrogens (tertiary/aromatic N) is 4. The van der Waals surface area contributed by atoms with E-state index in [2.05, 4.69) is 56.4 Å². The summed E-state index contributed by atoms with van der Waals surface area (Å²) in [6, 6.07) is 27.9. The Hall–Kier alpha value is -4.22. The van der Waals surface area contributed by atoms with Crippen LogP contribution in [0.5, 0.6) is 11.5 Å². The van der Waals surface area contributed by atoms with Gasteiger partial charge in [-0.1, -0.05) is 36.4 Å². The Labute approximate surface area is 267 Å². The summed E-state index contributed by atoms with van der Waals surface area (Å²) in [6.07, 6.45) is 1.61. The van der Waals surface area contributed by atoms with Crippen molar-refractivity contribution >= 4 is 73.3 Å². The predicted octanol–water partition coefficient (Wildman–Crippen LogP) is 7.36. The van der Waals surface area contributed by atoms with Crippen molar-refractivity contribution in [1.82, 2.24) is 9.66 Å². The number of hydrogen-bond donors (Lipinski definition) is 0. The van der Waals surface area contributed by atoms with Crippen LogP contribution in [-0.4, -0.2) is 23.0 Å². The van der Waals surface area contributed by atoms with Crippen molar-refractivity contribution in [3.05, 3.63) is 119 Å². The monoisotopic (exact) mass is 778 g/mol. The summed E-state index contributed by atoms with van der Waals surface area (Å²) in [5.41, 5.74) is 3.00. The number of ether oxygens (including phenoxy) is 2. The zero-order valence-electron chi connectivity index (χ0n) is 22.0. The molecule has 8 nitrogen and oxygen atoms in total. The first-order chi connectivity index (χ1) is 20.5. The van der Waals surface area contributed by atoms with Crippen LogP contribution in [0.1, 0.15) is 16.7 Å². The summed E-state index contributed by atoms with van der Waals surface area (Å²) >= 11 is 4.42. The molecule has 0 spiro atoms. The third-order valence-corrected chi connectivity index (χ3v) is 8.17. The fourth-order valence-corrected chi connectivity index (χ4v) is 6.66. The van der Waals surface area contributed by atoms with Crippen molar-refractivity contribution in [3.63, 3.8) is 0 Å². The highest BCUT2D eigenvalue weighted by Crippen LogP contribution is 2.33. The number of aromatic nitrogens is 2. The predicted molar refractivity (Wildman–Crippen MR) is 178 cm³/mol. The van der Waals surface area contributed by atoms with Gasteiger partial charge in [-0.3, -0.25) is 4.79 Å². The van der Waals surface area contributed by atoms with Crippen LogP contribution in [0.2, 0.25) is 0 Å². The fraction of sp³-hybridized carbons (Fsp3) is 0.0625. The van der Waals surface area contributed by atoms with Gasteiger partial charge in [0, 0.05) is 5.56 Å². The molecule has 0 aliphatic carbocycles. The molecule has 0 aliphatic rings. The molecule has 0 N–H and O–H groups in total. The molecule has 4 aromatic carbocycles. The third kappa shape index (κ3) is 5.37. The first kappa shape index (κ1) is 27.9. The Balaban J connectivity index is 1.39. The van der Waals surface area contributed by atoms with Gasteiger partial charge in [0.05, 0.1) is 48.4 Å². The van der Waals surface area contributed by atoms with E-state index < -0.39 is 0 Å². The zero-order chi connectivity index (χ0) is 29.2. The van der Waals surface area contributed by atoms with Gasteiger partial charge in [0.15, 0.2) is 5.76 Å². The molecule has 2 aromatic heterocycles. The average molecular weight is 778 g/mol. The number of rotatable bonds is 7. The van der Waals surface area contributed by atoms with Crippen LogP contribution in [0.15, 0.2) is 99.2 Å². The standard InChI is InChI=1S/C32H20I2N4O4/c1-40-27-11-6-12-28-23(27)15-29(42-28)31-37-26-10-5-4-9-22(26)32(39)38(31)36-17-19-13-24(33)30(25(34)14-19)41-18-21-8-3-2-7-20(21)16-35/h2-15,17H,18H2,1H3. The molecule has 0 amide bonds. The van der Waals surface area contributed by atoms with Crippen LogP contribution in [0, 0.1) is 18.5 Å². The lowest BCUT2D eigenvalue weighted by molar-refractivity contribution is 0.301. The van der Waals surface area contributed by atoms with Gasteiger partial charge in [-0.15, -0.1) is 0 Å². The van der Waals surface area contributed by atoms with Crippen molar-refractivity contribution in [2.24, 2.45) is 5.10 Å². The van der Waals surface area contributed by atoms with Crippen LogP contribution in [0.3, 0.4) is 0 Å². The molecule has 0 unspecified atom stereocenters. The van der Waals surface area contributed by atoms with Crippen LogP contribution in [0.4, 0.5) is 0 Å². The summed E-state index contributed by atoms with van der Waals surface area (Å²) in [7, 11) is 1.60. The highest BCUT2D eigenvalue weighted by Gasteiger charge is 2.18. The maximum Gasteiger partial charge on any atom is 0.282 e. The van der Waals surface area contributed by atoms with E-state index in [1.54, 1.807) is 43.7 Å². The fourth-order valence-electron chi connectivity index (χ4n) is 4.53. The molecule has 0 saturated carbocycles. The van der Waals surface area contributed by atoms with Crippen molar-refractivity contribution in [2.45, 2.75) is 6.61 Å². The smallest absolute Gasteiger partial charge is 0.282 e. The average Bonchev–Trinajstić information content (AvgIpc) is 3.45. The molecule has 6 rings (SSSR count). The van der Waals surface area contributed by atoms with Crippen LogP contribution < -0.4 is 15.0 Å². The van der Waals surface area contributed by atoms with Crippen LogP contribution in [0.25, 0.3) is 33.5 Å². The molecule has 0 radical (unpaired) electrons. The minimum atomic E-state index is -0.320. The maximum atomic E-state index is 13.6. The minimum absolute atomic E-state index is 0.271. The molecule has 0 saturated heterocycles. The second-order valence-electron chi connectivity index (χ2n) is 9.17. The molecule has 0 atom stereocenters. The van der Waals surface area contributed by atoms with Gasteiger partial charge in [0.1, 0.15) is 23.7 Å². The van der Waals surface area contributed by atoms with Crippen LogP contribution in [-0.2, 0) is 6.61 Å². The molecule has 0 fully saturated rings. The molecule has 10 heteroatoms. The molecule has 2 heterocycles. The minimum Gasteiger partial charge on any atom is -0.496 e. The Morgan fingerprint density at radius 3 is 2.55 bits per heavy atom. The van der Waals surface area contributed by atoms with E-state index in [4.69, 9.17) is 18.9 Å². The summed E-state index contributed by atoms with van der Waals surface area (Å²) in [5, 5.41) is 15.2. The van der Waals surface area contributed by atoms with Gasteiger partial charge in [0.25, 0.3) is 5.56 Å². The van der Waals surface area contributed by atoms with Gasteiger partial charge in [0.2, 0.25) is 5.82 Å². The van der Waals surface area contributed by atoms with E-state index >= 15 is 0 Å². The van der Waals surface area contributed by atoms with E-state index in [0.717, 1.165) is 23.7 Å². The zero-order valence-corrected chi connectivity index (χ0v) is 26.4. The third-order valence-electron chi connectivity index (χ3n) is 6.57. The topological polar surface area (TPSA) is 103 Å². The van der Waals surface area contributed by atoms with Gasteiger partial charge < -0.3 is 13.9 Å². The van der Waals surface area contributed by atoms with Gasteiger partial charge in [-0.2, -0.15) is 15.0 Å². The summed E-state index contributed by atoms with van der Waals surface area (Å²) in [4.78, 5) is 18.4. The lowest BCUT2D eigenvalue weighted by Crippen LogP contribution is -2.20. The lowest BCUT2D eigenvalue weighted by atomic mass is 10.1. The number of benzene rings is 4. The maximum absolute atomic E-state index is 13.6. The van der Waals surface area contributed by atoms with Crippen LogP contribution >= 0.6 is 45.2 Å². The summed E-state index contributed by atoms with van der Waals surface area (Å²) < 4.78 is 20.7. The first-order valence-corrected chi connectivity index (χ1v) is 14.9. The number of fused-ring (bicyclic) bond motifs is 2. The Kier molecular flexibility index (Phi) is 7.94. The second kappa shape index (κ2) is 11.9. The normalized spacial score (nSPS) is 11.3. The first-order valence-electron chi connectivity index (χ1n) is 12.7. The van der Waals surface area contributed by atoms with E-state index in [1.165, 1.54) is 4.68 Å². The summed E-state index contributed by atoms with van der Waals surface area (Å²) in [6.45, 7) is 0.271. The number of methoxy groups -OCH3 is 1. The van der Waals surface area contributed by atoms with Crippen molar-refractivity contribution < 1.29 is 13.9 Å². The number of halogens is 2. The largest absolute Gasteiger partial charge is 0.496 e. The van der Waals surface area contributed by atoms with E-state index in [0.29, 0.717) is 39.3 Å². The SMILES string of the molecule is COc1cccc2oc(-c3nc4ccccc4c(=O)n3N=Cc3cc(I)c(OCc4ccccc4C#N)c(I)c3)cc12. The Bertz CT molecular complexity index is 2090. The molecule has 42 heavy (non-hydrogen) atoms. The summed E-state index contributed by atoms with van der Waals surface area (Å²) in [5.74, 6) is 2.03. The number of nitriles is 1. The molecular formula is C32H20I2N4O4. The van der Waals surface area contributed by atoms with Crippen molar-refractivity contribution in [1.29, 1.82) is 5.26 Å². The van der Waals surface area contributed by atoms with Crippen molar-refractivity contribution in [3.8, 4) is 29.2 Å². The number of furan rings is 1. The molecular weight excluding hydrogens is 758 g/mol. The van der Waals surface area contributed by atoms with E-state index in [-0.39, 0.29) is 18.0 Å². The quantitative estimate of drug-likeness (QED) is 0.124. The molecule has 0 bridgehead atoms. The number of hydrogen-bond acceptors (Lipinski definition) is 7. The Morgan fingerprint density at radius 1 is 1.00 bits per heavy atom. The van der Waals surface area contributed by atoms with E-state index in [1.807, 2.05) is 54.6 Å². The van der Waals surface area contributed by atoms with Gasteiger partial charge >= 0.3 is 0 Å². The van der Waals surface area contributed by atoms with Gasteiger partial charge in [-0.25, -0.2) is 4.98 Å². The Morgan fingerprint density at radius 2 is 1.76 bits per heavy atom. The molecule has 206 valence electrons. The highest BCUT2D eigenvalue weighted by molar-refractivity contribution is 14.1. The van der Waals surface area contributed by atoms with Gasteiger partial charge in [-0.05, 0) is 99.3 Å². The van der Waals surface area contributed by atoms with E-state index in [9.17, 15) is 10.1 Å². The lowest BCUT2D eigenvalue weighted by Gasteiger charge is -2.12. The molecule has 6 aromatic rings. The number of para-hydroxylation sites is 1. The highest BCUT2D eigenvalue weighted by atomic mass is 127. The second-order valence-corrected chi connectivity index (χ2v) is 11.5. The van der Waals surface area contributed by atoms with Crippen molar-refractivity contribution in [2.75, 3.05) is 7.11 Å². The molecule has 0 aliphatic heterocycles.